The SMILES string of the molecule is CCN(C(=O)OCc1ccccc1)C1CCN(CC(=O)O)CC1. The fourth-order valence-electron chi connectivity index (χ4n) is 2.92. The Labute approximate surface area is 136 Å². The van der Waals surface area contributed by atoms with Crippen molar-refractivity contribution >= 4 is 12.1 Å². The number of carboxylic acid groups (broad SMARTS) is 1. The van der Waals surface area contributed by atoms with E-state index in [1.54, 1.807) is 4.90 Å². The van der Waals surface area contributed by atoms with Crippen LogP contribution in [0, 0.1) is 0 Å². The second-order valence-electron chi connectivity index (χ2n) is 5.73. The number of rotatable bonds is 6. The summed E-state index contributed by atoms with van der Waals surface area (Å²) in [7, 11) is 0. The molecule has 6 heteroatoms. The smallest absolute Gasteiger partial charge is 0.410 e. The molecule has 126 valence electrons. The Morgan fingerprint density at radius 2 is 1.91 bits per heavy atom. The van der Waals surface area contributed by atoms with E-state index in [4.69, 9.17) is 9.84 Å². The van der Waals surface area contributed by atoms with E-state index < -0.39 is 5.97 Å². The first-order valence-corrected chi connectivity index (χ1v) is 8.01. The zero-order valence-corrected chi connectivity index (χ0v) is 13.5. The minimum absolute atomic E-state index is 0.0668. The number of carbonyl (C=O) groups excluding carboxylic acids is 1. The van der Waals surface area contributed by atoms with E-state index in [2.05, 4.69) is 0 Å². The molecule has 0 bridgehead atoms. The van der Waals surface area contributed by atoms with Gasteiger partial charge in [0.15, 0.2) is 0 Å². The Morgan fingerprint density at radius 1 is 1.26 bits per heavy atom. The maximum absolute atomic E-state index is 12.3. The highest BCUT2D eigenvalue weighted by Gasteiger charge is 2.28. The van der Waals surface area contributed by atoms with E-state index in [1.807, 2.05) is 42.2 Å². The Morgan fingerprint density at radius 3 is 2.48 bits per heavy atom. The van der Waals surface area contributed by atoms with Crippen molar-refractivity contribution in [3.05, 3.63) is 35.9 Å². The maximum atomic E-state index is 12.3. The third kappa shape index (κ3) is 5.25. The number of benzene rings is 1. The van der Waals surface area contributed by atoms with E-state index in [1.165, 1.54) is 0 Å². The van der Waals surface area contributed by atoms with E-state index in [9.17, 15) is 9.59 Å². The molecule has 0 spiro atoms. The molecule has 1 aliphatic rings. The van der Waals surface area contributed by atoms with Crippen molar-refractivity contribution in [2.45, 2.75) is 32.4 Å². The number of nitrogens with zero attached hydrogens (tertiary/aromatic N) is 2. The summed E-state index contributed by atoms with van der Waals surface area (Å²) in [6, 6.07) is 9.72. The van der Waals surface area contributed by atoms with Crippen molar-refractivity contribution in [3.63, 3.8) is 0 Å². The van der Waals surface area contributed by atoms with Crippen LogP contribution in [0.25, 0.3) is 0 Å². The van der Waals surface area contributed by atoms with Gasteiger partial charge in [-0.05, 0) is 25.3 Å². The lowest BCUT2D eigenvalue weighted by Crippen LogP contribution is -2.48. The zero-order valence-electron chi connectivity index (χ0n) is 13.5. The lowest BCUT2D eigenvalue weighted by atomic mass is 10.0. The van der Waals surface area contributed by atoms with Gasteiger partial charge in [-0.2, -0.15) is 0 Å². The number of amides is 1. The van der Waals surface area contributed by atoms with Crippen LogP contribution in [0.2, 0.25) is 0 Å². The van der Waals surface area contributed by atoms with Gasteiger partial charge in [0, 0.05) is 25.7 Å². The van der Waals surface area contributed by atoms with E-state index in [0.717, 1.165) is 18.4 Å². The van der Waals surface area contributed by atoms with Crippen LogP contribution < -0.4 is 0 Å². The van der Waals surface area contributed by atoms with Crippen LogP contribution in [0.5, 0.6) is 0 Å². The van der Waals surface area contributed by atoms with Gasteiger partial charge in [-0.1, -0.05) is 30.3 Å². The Bertz CT molecular complexity index is 513. The van der Waals surface area contributed by atoms with E-state index in [0.29, 0.717) is 19.6 Å². The van der Waals surface area contributed by atoms with Crippen LogP contribution in [0.3, 0.4) is 0 Å². The monoisotopic (exact) mass is 320 g/mol. The molecule has 0 aromatic heterocycles. The number of carbonyl (C=O) groups is 2. The Kier molecular flexibility index (Phi) is 6.40. The summed E-state index contributed by atoms with van der Waals surface area (Å²) in [4.78, 5) is 26.7. The minimum atomic E-state index is -0.807. The molecule has 1 saturated heterocycles. The van der Waals surface area contributed by atoms with E-state index >= 15 is 0 Å². The highest BCUT2D eigenvalue weighted by atomic mass is 16.6. The van der Waals surface area contributed by atoms with Gasteiger partial charge in [0.25, 0.3) is 0 Å². The van der Waals surface area contributed by atoms with Gasteiger partial charge < -0.3 is 14.7 Å². The van der Waals surface area contributed by atoms with Crippen molar-refractivity contribution in [2.75, 3.05) is 26.2 Å². The number of likely N-dealkylation sites (tertiary alicyclic amines) is 1. The number of hydrogen-bond donors (Lipinski definition) is 1. The number of aliphatic carboxylic acids is 1. The molecule has 1 aromatic rings. The molecule has 0 unspecified atom stereocenters. The van der Waals surface area contributed by atoms with Gasteiger partial charge in [0.05, 0.1) is 6.54 Å². The second-order valence-corrected chi connectivity index (χ2v) is 5.73. The van der Waals surface area contributed by atoms with Crippen molar-refractivity contribution in [3.8, 4) is 0 Å². The molecule has 1 amide bonds. The maximum Gasteiger partial charge on any atom is 0.410 e. The van der Waals surface area contributed by atoms with Crippen LogP contribution in [0.1, 0.15) is 25.3 Å². The van der Waals surface area contributed by atoms with Crippen molar-refractivity contribution in [2.24, 2.45) is 0 Å². The highest BCUT2D eigenvalue weighted by molar-refractivity contribution is 5.69. The fraction of sp³-hybridized carbons (Fsp3) is 0.529. The van der Waals surface area contributed by atoms with Crippen molar-refractivity contribution < 1.29 is 19.4 Å². The summed E-state index contributed by atoms with van der Waals surface area (Å²) in [5.74, 6) is -0.807. The summed E-state index contributed by atoms with van der Waals surface area (Å²) in [5, 5.41) is 8.83. The first-order valence-electron chi connectivity index (χ1n) is 8.01. The van der Waals surface area contributed by atoms with Gasteiger partial charge in [-0.25, -0.2) is 4.79 Å². The molecular formula is C17H24N2O4. The van der Waals surface area contributed by atoms with E-state index in [-0.39, 0.29) is 25.3 Å². The minimum Gasteiger partial charge on any atom is -0.480 e. The number of hydrogen-bond acceptors (Lipinski definition) is 4. The van der Waals surface area contributed by atoms with Crippen LogP contribution in [0.4, 0.5) is 4.79 Å². The van der Waals surface area contributed by atoms with Crippen molar-refractivity contribution in [1.82, 2.24) is 9.80 Å². The summed E-state index contributed by atoms with van der Waals surface area (Å²) in [5.41, 5.74) is 0.966. The Hall–Kier alpha value is -2.08. The number of piperidine rings is 1. The first-order chi connectivity index (χ1) is 11.1. The summed E-state index contributed by atoms with van der Waals surface area (Å²) in [6.45, 7) is 4.26. The molecule has 1 aromatic carbocycles. The molecule has 0 aliphatic carbocycles. The molecule has 2 rings (SSSR count). The quantitative estimate of drug-likeness (QED) is 0.870. The van der Waals surface area contributed by atoms with Crippen LogP contribution >= 0.6 is 0 Å². The fourth-order valence-corrected chi connectivity index (χ4v) is 2.92. The molecule has 1 heterocycles. The van der Waals surface area contributed by atoms with Gasteiger partial charge in [0.2, 0.25) is 0 Å². The third-order valence-electron chi connectivity index (χ3n) is 4.14. The molecule has 0 radical (unpaired) electrons. The van der Waals surface area contributed by atoms with Gasteiger partial charge in [-0.15, -0.1) is 0 Å². The Balaban J connectivity index is 1.82. The van der Waals surface area contributed by atoms with Crippen LogP contribution in [0.15, 0.2) is 30.3 Å². The van der Waals surface area contributed by atoms with Crippen LogP contribution in [-0.4, -0.2) is 59.2 Å². The van der Waals surface area contributed by atoms with Gasteiger partial charge in [-0.3, -0.25) is 9.69 Å². The summed E-state index contributed by atoms with van der Waals surface area (Å²) >= 11 is 0. The summed E-state index contributed by atoms with van der Waals surface area (Å²) in [6.07, 6.45) is 1.26. The average Bonchev–Trinajstić information content (AvgIpc) is 2.55. The molecular weight excluding hydrogens is 296 g/mol. The molecule has 1 fully saturated rings. The number of carboxylic acids is 1. The molecule has 6 nitrogen and oxygen atoms in total. The third-order valence-corrected chi connectivity index (χ3v) is 4.14. The molecule has 0 atom stereocenters. The summed E-state index contributed by atoms with van der Waals surface area (Å²) < 4.78 is 5.41. The molecule has 1 aliphatic heterocycles. The topological polar surface area (TPSA) is 70.1 Å². The lowest BCUT2D eigenvalue weighted by molar-refractivity contribution is -0.138. The van der Waals surface area contributed by atoms with Crippen LogP contribution in [-0.2, 0) is 16.1 Å². The van der Waals surface area contributed by atoms with Gasteiger partial charge in [0.1, 0.15) is 6.61 Å². The predicted octanol–water partition coefficient (Wildman–Crippen LogP) is 2.19. The normalized spacial score (nSPS) is 16.0. The van der Waals surface area contributed by atoms with Gasteiger partial charge >= 0.3 is 12.1 Å². The first kappa shape index (κ1) is 17.3. The average molecular weight is 320 g/mol. The molecule has 1 N–H and O–H groups in total. The highest BCUT2D eigenvalue weighted by Crippen LogP contribution is 2.17. The molecule has 23 heavy (non-hydrogen) atoms. The molecule has 0 saturated carbocycles. The second kappa shape index (κ2) is 8.53. The van der Waals surface area contributed by atoms with Crippen molar-refractivity contribution in [1.29, 1.82) is 0 Å². The zero-order chi connectivity index (χ0) is 16.7. The predicted molar refractivity (Wildman–Crippen MR) is 86.1 cm³/mol. The lowest BCUT2D eigenvalue weighted by Gasteiger charge is -2.36. The largest absolute Gasteiger partial charge is 0.480 e. The standard InChI is InChI=1S/C17H24N2O4/c1-2-19(15-8-10-18(11-9-15)12-16(20)21)17(22)23-13-14-6-4-3-5-7-14/h3-7,15H,2,8-13H2,1H3,(H,20,21). The number of ether oxygens (including phenoxy) is 1.